The van der Waals surface area contributed by atoms with Gasteiger partial charge in [0, 0.05) is 16.8 Å². The summed E-state index contributed by atoms with van der Waals surface area (Å²) >= 11 is 0. The van der Waals surface area contributed by atoms with Gasteiger partial charge in [-0.15, -0.1) is 0 Å². The maximum absolute atomic E-state index is 16.0. The van der Waals surface area contributed by atoms with Gasteiger partial charge in [-0.1, -0.05) is 87.8 Å². The number of furan rings is 1. The summed E-state index contributed by atoms with van der Waals surface area (Å²) in [6.45, 7) is 9.00. The molecule has 0 amide bonds. The van der Waals surface area contributed by atoms with Crippen molar-refractivity contribution >= 4 is 83.7 Å². The van der Waals surface area contributed by atoms with Gasteiger partial charge >= 0.3 is 0 Å². The molecule has 11 rings (SSSR count). The molecule has 0 fully saturated rings. The van der Waals surface area contributed by atoms with Gasteiger partial charge in [-0.3, -0.25) is 8.97 Å². The summed E-state index contributed by atoms with van der Waals surface area (Å²) in [5.74, 6) is 1.17. The lowest BCUT2D eigenvalue weighted by molar-refractivity contribution is 0.630. The quantitative estimate of drug-likeness (QED) is 0.181. The first kappa shape index (κ1) is 27.6. The fourth-order valence-corrected chi connectivity index (χ4v) is 9.52. The second kappa shape index (κ2) is 9.41. The van der Waals surface area contributed by atoms with Gasteiger partial charge in [-0.2, -0.15) is 0 Å². The number of hydrogen-bond acceptors (Lipinski definition) is 2. The maximum Gasteiger partial charge on any atom is 0.247 e. The monoisotopic (exact) mass is 637 g/mol. The van der Waals surface area contributed by atoms with Crippen molar-refractivity contribution in [2.24, 2.45) is 0 Å². The molecule has 236 valence electrons. The van der Waals surface area contributed by atoms with Crippen molar-refractivity contribution in [2.45, 2.75) is 52.4 Å². The Kier molecular flexibility index (Phi) is 5.30. The lowest BCUT2D eigenvalue weighted by Gasteiger charge is -2.31. The molecule has 4 nitrogen and oxygen atoms in total. The van der Waals surface area contributed by atoms with Crippen molar-refractivity contribution in [2.75, 3.05) is 0 Å². The minimum atomic E-state index is -0.251. The Bertz CT molecular complexity index is 2900. The molecule has 49 heavy (non-hydrogen) atoms. The number of benzene rings is 6. The Morgan fingerprint density at radius 2 is 1.45 bits per heavy atom. The Labute approximate surface area is 282 Å². The van der Waals surface area contributed by atoms with E-state index in [1.807, 2.05) is 18.2 Å². The van der Waals surface area contributed by atoms with Crippen molar-refractivity contribution in [3.8, 4) is 5.69 Å². The average Bonchev–Trinajstić information content (AvgIpc) is 3.80. The number of halogens is 1. The topological polar surface area (TPSA) is 35.4 Å². The third kappa shape index (κ3) is 3.41. The smallest absolute Gasteiger partial charge is 0.247 e. The number of imidazole rings is 1. The number of nitrogens with zero attached hydrogens (tertiary/aromatic N) is 3. The van der Waals surface area contributed by atoms with Gasteiger partial charge < -0.3 is 4.42 Å². The third-order valence-corrected chi connectivity index (χ3v) is 11.4. The first-order chi connectivity index (χ1) is 23.9. The highest BCUT2D eigenvalue weighted by Crippen LogP contribution is 2.42. The molecule has 1 aliphatic carbocycles. The van der Waals surface area contributed by atoms with Crippen molar-refractivity contribution in [1.29, 1.82) is 0 Å². The molecule has 1 aliphatic heterocycles. The molecule has 0 spiro atoms. The zero-order chi connectivity index (χ0) is 32.9. The van der Waals surface area contributed by atoms with Crippen LogP contribution in [0.2, 0.25) is 0 Å². The highest BCUT2D eigenvalue weighted by atomic mass is 19.1. The molecule has 3 aromatic heterocycles. The molecule has 0 unspecified atom stereocenters. The average molecular weight is 638 g/mol. The van der Waals surface area contributed by atoms with Gasteiger partial charge in [0.1, 0.15) is 17.0 Å². The van der Waals surface area contributed by atoms with Crippen LogP contribution in [0.4, 0.5) is 4.39 Å². The molecular weight excluding hydrogens is 604 g/mol. The zero-order valence-corrected chi connectivity index (χ0v) is 27.9. The first-order valence-electron chi connectivity index (χ1n) is 17.6. The fourth-order valence-electron chi connectivity index (χ4n) is 9.52. The lowest BCUT2D eigenvalue weighted by atomic mass is 9.33. The molecule has 0 saturated heterocycles. The van der Waals surface area contributed by atoms with Crippen LogP contribution in [0.5, 0.6) is 0 Å². The van der Waals surface area contributed by atoms with Crippen LogP contribution >= 0.6 is 0 Å². The number of para-hydroxylation sites is 1. The molecule has 9 aromatic rings. The van der Waals surface area contributed by atoms with Crippen molar-refractivity contribution in [3.05, 3.63) is 119 Å². The lowest BCUT2D eigenvalue weighted by Crippen LogP contribution is -2.57. The number of rotatable bonds is 4. The largest absolute Gasteiger partial charge is 0.456 e. The van der Waals surface area contributed by atoms with Gasteiger partial charge in [0.05, 0.1) is 33.1 Å². The van der Waals surface area contributed by atoms with Crippen LogP contribution in [0, 0.1) is 5.82 Å². The van der Waals surface area contributed by atoms with E-state index in [0.29, 0.717) is 17.4 Å². The highest BCUT2D eigenvalue weighted by Gasteiger charge is 2.39. The molecule has 0 bridgehead atoms. The molecule has 0 N–H and O–H groups in total. The van der Waals surface area contributed by atoms with Crippen molar-refractivity contribution in [1.82, 2.24) is 14.0 Å². The predicted octanol–water partition coefficient (Wildman–Crippen LogP) is 8.80. The molecule has 6 aromatic carbocycles. The number of hydrogen-bond donors (Lipinski definition) is 0. The fraction of sp³-hybridized carbons (Fsp3) is 0.186. The Hall–Kier alpha value is -5.36. The van der Waals surface area contributed by atoms with Crippen LogP contribution in [0.25, 0.3) is 66.2 Å². The summed E-state index contributed by atoms with van der Waals surface area (Å²) < 4.78 is 27.0. The van der Waals surface area contributed by atoms with E-state index in [2.05, 4.69) is 97.3 Å². The standard InChI is InChI=1S/C43H33BFN3O/c1-22(2)27-10-7-11-28(23(3)4)40(27)44-30-19-25-16-15-24-17-18-34-39(37(24)25)42(30)48-41-31(44)20-26(45)21-32(41)46-43(48)47(34)33-12-8-14-36-38(33)29-9-5-6-13-35(29)49-36/h5-14,17-23H,15-16H2,1-4H3. The zero-order valence-electron chi connectivity index (χ0n) is 27.9. The van der Waals surface area contributed by atoms with E-state index < -0.39 is 0 Å². The van der Waals surface area contributed by atoms with Gasteiger partial charge in [-0.25, -0.2) is 9.37 Å². The Morgan fingerprint density at radius 3 is 2.27 bits per heavy atom. The van der Waals surface area contributed by atoms with Crippen LogP contribution in [-0.2, 0) is 12.8 Å². The van der Waals surface area contributed by atoms with Crippen LogP contribution < -0.4 is 16.4 Å². The first-order valence-corrected chi connectivity index (χ1v) is 17.6. The summed E-state index contributed by atoms with van der Waals surface area (Å²) in [5.41, 5.74) is 15.7. The summed E-state index contributed by atoms with van der Waals surface area (Å²) in [5, 5.41) is 4.76. The van der Waals surface area contributed by atoms with Crippen LogP contribution in [0.15, 0.2) is 95.4 Å². The SMILES string of the molecule is CC(C)c1cccc(C(C)C)c1B1c2cc(F)cc3nc4n(-c5cccc6oc7ccccc7c56)c5ccc6c7c(cc1c(c75)n4c23)CC6. The second-order valence-electron chi connectivity index (χ2n) is 14.8. The highest BCUT2D eigenvalue weighted by molar-refractivity contribution is 6.99. The maximum atomic E-state index is 16.0. The molecule has 4 heterocycles. The number of aryl methyl sites for hydroxylation is 2. The van der Waals surface area contributed by atoms with E-state index in [4.69, 9.17) is 9.40 Å². The van der Waals surface area contributed by atoms with Gasteiger partial charge in [0.25, 0.3) is 0 Å². The molecule has 2 aliphatic rings. The molecular formula is C43H33BFN3O. The Morgan fingerprint density at radius 1 is 0.714 bits per heavy atom. The van der Waals surface area contributed by atoms with Crippen LogP contribution in [0.1, 0.15) is 61.8 Å². The number of aromatic nitrogens is 3. The summed E-state index contributed by atoms with van der Waals surface area (Å²) in [6, 6.07) is 31.8. The van der Waals surface area contributed by atoms with E-state index >= 15 is 4.39 Å². The van der Waals surface area contributed by atoms with Crippen LogP contribution in [0.3, 0.4) is 0 Å². The minimum absolute atomic E-state index is 0.119. The predicted molar refractivity (Wildman–Crippen MR) is 201 cm³/mol. The van der Waals surface area contributed by atoms with Crippen molar-refractivity contribution in [3.63, 3.8) is 0 Å². The van der Waals surface area contributed by atoms with Gasteiger partial charge in [0.2, 0.25) is 12.5 Å². The summed E-state index contributed by atoms with van der Waals surface area (Å²) in [4.78, 5) is 5.35. The number of fused-ring (bicyclic) bond motifs is 3. The molecule has 6 heteroatoms. The van der Waals surface area contributed by atoms with E-state index in [9.17, 15) is 0 Å². The van der Waals surface area contributed by atoms with Crippen LogP contribution in [-0.4, -0.2) is 20.7 Å². The second-order valence-corrected chi connectivity index (χ2v) is 14.8. The van der Waals surface area contributed by atoms with E-state index in [1.165, 1.54) is 49.5 Å². The van der Waals surface area contributed by atoms with Gasteiger partial charge in [0.15, 0.2) is 0 Å². The van der Waals surface area contributed by atoms with E-state index in [0.717, 1.165) is 62.7 Å². The minimum Gasteiger partial charge on any atom is -0.456 e. The normalized spacial score (nSPS) is 14.0. The molecule has 0 radical (unpaired) electrons. The third-order valence-electron chi connectivity index (χ3n) is 11.4. The summed E-state index contributed by atoms with van der Waals surface area (Å²) in [6.07, 6.45) is 2.03. The molecule has 0 saturated carbocycles. The van der Waals surface area contributed by atoms with Crippen molar-refractivity contribution < 1.29 is 8.81 Å². The Balaban J connectivity index is 1.39. The van der Waals surface area contributed by atoms with E-state index in [1.54, 1.807) is 12.1 Å². The molecule has 0 atom stereocenters. The van der Waals surface area contributed by atoms with Gasteiger partial charge in [-0.05, 0) is 93.6 Å². The van der Waals surface area contributed by atoms with E-state index in [-0.39, 0.29) is 12.5 Å². The summed E-state index contributed by atoms with van der Waals surface area (Å²) in [7, 11) is 0.